The maximum absolute atomic E-state index is 13.7. The Labute approximate surface area is 139 Å². The van der Waals surface area contributed by atoms with Gasteiger partial charge in [-0.2, -0.15) is 0 Å². The van der Waals surface area contributed by atoms with Gasteiger partial charge in [-0.25, -0.2) is 17.5 Å². The lowest BCUT2D eigenvalue weighted by atomic mass is 10.1. The van der Waals surface area contributed by atoms with Crippen molar-refractivity contribution in [3.63, 3.8) is 0 Å². The summed E-state index contributed by atoms with van der Waals surface area (Å²) in [4.78, 5) is 10.8. The molecule has 0 aromatic heterocycles. The first-order chi connectivity index (χ1) is 11.4. The highest BCUT2D eigenvalue weighted by molar-refractivity contribution is 7.89. The number of nitrogens with one attached hydrogen (secondary N) is 1. The van der Waals surface area contributed by atoms with Gasteiger partial charge in [-0.05, 0) is 12.1 Å². The summed E-state index contributed by atoms with van der Waals surface area (Å²) in [5.74, 6) is -1.37. The molecule has 1 aliphatic heterocycles. The average Bonchev–Trinajstić information content (AvgIpc) is 2.56. The number of aliphatic hydroxyl groups excluding tert-OH is 1. The minimum absolute atomic E-state index is 0.0592. The van der Waals surface area contributed by atoms with Crippen molar-refractivity contribution in [2.75, 3.05) is 13.7 Å². The second kappa shape index (κ2) is 7.84. The van der Waals surface area contributed by atoms with E-state index in [1.165, 1.54) is 31.4 Å². The molecule has 0 radical (unpaired) electrons. The van der Waals surface area contributed by atoms with Crippen LogP contribution in [-0.2, 0) is 24.3 Å². The van der Waals surface area contributed by atoms with Crippen LogP contribution in [0.1, 0.15) is 6.42 Å². The number of methoxy groups -OCH3 is 1. The Morgan fingerprint density at radius 1 is 1.38 bits per heavy atom. The number of hydrogen-bond acceptors (Lipinski definition) is 6. The number of ether oxygens (including phenoxy) is 2. The summed E-state index contributed by atoms with van der Waals surface area (Å²) in [6, 6.07) is 4.07. The van der Waals surface area contributed by atoms with Gasteiger partial charge >= 0.3 is 5.97 Å². The molecule has 132 valence electrons. The quantitative estimate of drug-likeness (QED) is 0.561. The fourth-order valence-electron chi connectivity index (χ4n) is 2.26. The molecule has 24 heavy (non-hydrogen) atoms. The zero-order chi connectivity index (χ0) is 17.7. The smallest absolute Gasteiger partial charge is 0.308 e. The third-order valence-corrected chi connectivity index (χ3v) is 4.97. The number of rotatable bonds is 6. The van der Waals surface area contributed by atoms with Gasteiger partial charge in [0.05, 0.1) is 32.3 Å². The van der Waals surface area contributed by atoms with Gasteiger partial charge in [-0.15, -0.1) is 0 Å². The molecule has 3 atom stereocenters. The van der Waals surface area contributed by atoms with E-state index in [0.29, 0.717) is 0 Å². The molecule has 0 saturated carbocycles. The van der Waals surface area contributed by atoms with Crippen molar-refractivity contribution in [2.45, 2.75) is 29.6 Å². The zero-order valence-corrected chi connectivity index (χ0v) is 13.7. The van der Waals surface area contributed by atoms with E-state index < -0.39 is 51.6 Å². The number of carbonyl (C=O) groups excluding carboxylic acids is 1. The summed E-state index contributed by atoms with van der Waals surface area (Å²) >= 11 is 0. The van der Waals surface area contributed by atoms with Gasteiger partial charge in [0.1, 0.15) is 16.8 Å². The van der Waals surface area contributed by atoms with Crippen molar-refractivity contribution >= 4 is 16.0 Å². The van der Waals surface area contributed by atoms with E-state index in [4.69, 9.17) is 4.74 Å². The number of halogens is 1. The summed E-state index contributed by atoms with van der Waals surface area (Å²) in [6.45, 7) is -0.480. The second-order valence-electron chi connectivity index (χ2n) is 5.14. The molecule has 0 saturated heterocycles. The van der Waals surface area contributed by atoms with Crippen molar-refractivity contribution < 1.29 is 32.2 Å². The summed E-state index contributed by atoms with van der Waals surface area (Å²) in [6.07, 6.45) is 1.36. The molecule has 1 aromatic rings. The molecule has 1 aliphatic rings. The maximum atomic E-state index is 13.7. The zero-order valence-electron chi connectivity index (χ0n) is 12.9. The Kier molecular flexibility index (Phi) is 6.05. The number of esters is 1. The summed E-state index contributed by atoms with van der Waals surface area (Å²) in [5.41, 5.74) is 0. The van der Waals surface area contributed by atoms with E-state index in [9.17, 15) is 22.7 Å². The van der Waals surface area contributed by atoms with Crippen molar-refractivity contribution in [1.29, 1.82) is 0 Å². The monoisotopic (exact) mass is 359 g/mol. The molecular formula is C15H18FNO6S. The standard InChI is InChI=1S/C15H18FNO6S/c1-22-15(19)8-10-6-7-12(13(9-18)23-10)17-24(20,21)14-5-3-2-4-11(14)16/h2-7,10,12-13,17-18H,8-9H2,1H3/t10-,12-,13+/m0/s1. The van der Waals surface area contributed by atoms with Crippen LogP contribution < -0.4 is 4.72 Å². The summed E-state index contributed by atoms with van der Waals surface area (Å²) in [5, 5.41) is 9.41. The van der Waals surface area contributed by atoms with Crippen LogP contribution >= 0.6 is 0 Å². The molecule has 0 spiro atoms. The first kappa shape index (κ1) is 18.5. The van der Waals surface area contributed by atoms with E-state index in [1.54, 1.807) is 0 Å². The molecule has 2 rings (SSSR count). The Balaban J connectivity index is 2.15. The van der Waals surface area contributed by atoms with E-state index >= 15 is 0 Å². The minimum atomic E-state index is -4.14. The van der Waals surface area contributed by atoms with E-state index in [2.05, 4.69) is 9.46 Å². The predicted octanol–water partition coefficient (Wildman–Crippen LogP) is 0.352. The molecule has 0 unspecified atom stereocenters. The Morgan fingerprint density at radius 3 is 2.71 bits per heavy atom. The third kappa shape index (κ3) is 4.38. The Morgan fingerprint density at radius 2 is 2.08 bits per heavy atom. The molecule has 7 nitrogen and oxygen atoms in total. The van der Waals surface area contributed by atoms with Crippen LogP contribution in [0.3, 0.4) is 0 Å². The lowest BCUT2D eigenvalue weighted by Gasteiger charge is -2.31. The normalized spacial score (nSPS) is 23.9. The van der Waals surface area contributed by atoms with Gasteiger partial charge in [-0.1, -0.05) is 24.3 Å². The van der Waals surface area contributed by atoms with Crippen molar-refractivity contribution in [3.05, 3.63) is 42.2 Å². The lowest BCUT2D eigenvalue weighted by Crippen LogP contribution is -2.48. The van der Waals surface area contributed by atoms with Gasteiger partial charge in [-0.3, -0.25) is 4.79 Å². The number of hydrogen-bond donors (Lipinski definition) is 2. The number of sulfonamides is 1. The molecular weight excluding hydrogens is 341 g/mol. The van der Waals surface area contributed by atoms with Crippen LogP contribution in [0.4, 0.5) is 4.39 Å². The van der Waals surface area contributed by atoms with Crippen LogP contribution in [0, 0.1) is 5.82 Å². The predicted molar refractivity (Wildman–Crippen MR) is 82.0 cm³/mol. The third-order valence-electron chi connectivity index (χ3n) is 3.48. The van der Waals surface area contributed by atoms with Crippen molar-refractivity contribution in [2.24, 2.45) is 0 Å². The molecule has 9 heteroatoms. The Hall–Kier alpha value is -1.81. The molecule has 0 aliphatic carbocycles. The Bertz CT molecular complexity index is 720. The first-order valence-corrected chi connectivity index (χ1v) is 8.64. The van der Waals surface area contributed by atoms with Gasteiger partial charge in [0.15, 0.2) is 0 Å². The highest BCUT2D eigenvalue weighted by Crippen LogP contribution is 2.19. The second-order valence-corrected chi connectivity index (χ2v) is 6.82. The van der Waals surface area contributed by atoms with Crippen LogP contribution in [0.25, 0.3) is 0 Å². The highest BCUT2D eigenvalue weighted by Gasteiger charge is 2.32. The van der Waals surface area contributed by atoms with Gasteiger partial charge in [0.2, 0.25) is 10.0 Å². The van der Waals surface area contributed by atoms with Crippen molar-refractivity contribution in [1.82, 2.24) is 4.72 Å². The number of carbonyl (C=O) groups is 1. The topological polar surface area (TPSA) is 102 Å². The number of aliphatic hydroxyl groups is 1. The fourth-order valence-corrected chi connectivity index (χ4v) is 3.56. The fraction of sp³-hybridized carbons (Fsp3) is 0.400. The SMILES string of the molecule is COC(=O)C[C@@H]1C=C[C@H](NS(=O)(=O)c2ccccc2F)[C@@H](CO)O1. The largest absolute Gasteiger partial charge is 0.469 e. The van der Waals surface area contributed by atoms with Gasteiger partial charge in [0, 0.05) is 0 Å². The lowest BCUT2D eigenvalue weighted by molar-refractivity contribution is -0.144. The highest BCUT2D eigenvalue weighted by atomic mass is 32.2. The van der Waals surface area contributed by atoms with Gasteiger partial charge in [0.25, 0.3) is 0 Å². The van der Waals surface area contributed by atoms with E-state index in [1.807, 2.05) is 0 Å². The average molecular weight is 359 g/mol. The summed E-state index contributed by atoms with van der Waals surface area (Å²) < 4.78 is 50.6. The molecule has 0 fully saturated rings. The van der Waals surface area contributed by atoms with E-state index in [-0.39, 0.29) is 6.42 Å². The van der Waals surface area contributed by atoms with Crippen LogP contribution in [0.15, 0.2) is 41.3 Å². The first-order valence-electron chi connectivity index (χ1n) is 7.15. The molecule has 1 heterocycles. The van der Waals surface area contributed by atoms with Gasteiger partial charge < -0.3 is 14.6 Å². The van der Waals surface area contributed by atoms with E-state index in [0.717, 1.165) is 12.1 Å². The van der Waals surface area contributed by atoms with Crippen LogP contribution in [0.5, 0.6) is 0 Å². The molecule has 0 bridgehead atoms. The maximum Gasteiger partial charge on any atom is 0.308 e. The van der Waals surface area contributed by atoms with Crippen molar-refractivity contribution in [3.8, 4) is 0 Å². The number of benzene rings is 1. The summed E-state index contributed by atoms with van der Waals surface area (Å²) in [7, 11) is -2.90. The molecule has 1 aromatic carbocycles. The molecule has 2 N–H and O–H groups in total. The van der Waals surface area contributed by atoms with Crippen LogP contribution in [-0.4, -0.2) is 51.5 Å². The minimum Gasteiger partial charge on any atom is -0.469 e. The molecule has 0 amide bonds. The van der Waals surface area contributed by atoms with Crippen LogP contribution in [0.2, 0.25) is 0 Å².